The van der Waals surface area contributed by atoms with Crippen LogP contribution in [0.3, 0.4) is 0 Å². The molecule has 0 unspecified atom stereocenters. The molecule has 0 saturated heterocycles. The molecular formula is C33H29NSi. The van der Waals surface area contributed by atoms with Crippen LogP contribution in [-0.4, -0.2) is 13.9 Å². The van der Waals surface area contributed by atoms with Crippen molar-refractivity contribution in [2.45, 2.75) is 46.1 Å². The summed E-state index contributed by atoms with van der Waals surface area (Å²) >= 11 is 0. The maximum absolute atomic E-state index is 2.53. The van der Waals surface area contributed by atoms with Gasteiger partial charge < -0.3 is 4.40 Å². The van der Waals surface area contributed by atoms with Crippen LogP contribution >= 0.6 is 0 Å². The first kappa shape index (κ1) is 21.0. The molecule has 1 nitrogen and oxygen atoms in total. The average Bonchev–Trinajstić information content (AvgIpc) is 3.35. The molecule has 0 aliphatic carbocycles. The van der Waals surface area contributed by atoms with Crippen LogP contribution in [0.5, 0.6) is 0 Å². The van der Waals surface area contributed by atoms with Gasteiger partial charge in [0.05, 0.1) is 26.1 Å². The first-order valence-corrected chi connectivity index (χ1v) is 14.2. The molecule has 35 heavy (non-hydrogen) atoms. The summed E-state index contributed by atoms with van der Waals surface area (Å²) in [5.74, 6) is 1.07. The van der Waals surface area contributed by atoms with Gasteiger partial charge in [-0.2, -0.15) is 0 Å². The normalized spacial score (nSPS) is 12.8. The van der Waals surface area contributed by atoms with Crippen molar-refractivity contribution in [3.05, 3.63) is 83.9 Å². The number of benzene rings is 5. The number of fused-ring (bicyclic) bond motifs is 8. The zero-order valence-corrected chi connectivity index (χ0v) is 22.0. The molecule has 0 atom stereocenters. The Labute approximate surface area is 208 Å². The number of rotatable bonds is 3. The summed E-state index contributed by atoms with van der Waals surface area (Å²) in [4.78, 5) is 0. The van der Waals surface area contributed by atoms with Gasteiger partial charge in [-0.15, -0.1) is 0 Å². The predicted molar refractivity (Wildman–Crippen MR) is 156 cm³/mol. The lowest BCUT2D eigenvalue weighted by atomic mass is 9.97. The van der Waals surface area contributed by atoms with Gasteiger partial charge in [-0.05, 0) is 68.8 Å². The maximum atomic E-state index is 2.53. The predicted octanol–water partition coefficient (Wildman–Crippen LogP) is 8.77. The Balaban J connectivity index is 1.66. The Morgan fingerprint density at radius 1 is 0.543 bits per heavy atom. The van der Waals surface area contributed by atoms with E-state index in [4.69, 9.17) is 0 Å². The third-order valence-electron chi connectivity index (χ3n) is 7.98. The Hall–Kier alpha value is -3.36. The molecule has 0 spiro atoms. The SMILES string of the molecule is C[Si]c1cc2c3cc4cc(C(C)C)ccc4cc3n3c4cc5ccc(C(C)C)cc5cc4c(c1)c23. The van der Waals surface area contributed by atoms with E-state index in [1.54, 1.807) is 0 Å². The molecule has 0 amide bonds. The van der Waals surface area contributed by atoms with Gasteiger partial charge in [-0.3, -0.25) is 0 Å². The summed E-state index contributed by atoms with van der Waals surface area (Å²) < 4.78 is 2.53. The van der Waals surface area contributed by atoms with E-state index in [0.717, 1.165) is 9.52 Å². The van der Waals surface area contributed by atoms with Crippen molar-refractivity contribution in [3.63, 3.8) is 0 Å². The minimum absolute atomic E-state index is 0.534. The molecule has 0 aliphatic heterocycles. The standard InChI is InChI=1S/C33H29NSi/c1-18(2)20-6-8-22-14-31-27(12-24(22)10-20)29-16-26(35-5)17-30-28-13-25-11-21(19(3)4)7-9-23(25)15-32(28)34(31)33(29)30/h6-19H,1-5H3. The molecule has 0 bridgehead atoms. The van der Waals surface area contributed by atoms with Gasteiger partial charge in [-0.25, -0.2) is 0 Å². The van der Waals surface area contributed by atoms with Crippen LogP contribution in [0.15, 0.2) is 72.8 Å². The summed E-state index contributed by atoms with van der Waals surface area (Å²) in [5.41, 5.74) is 6.82. The van der Waals surface area contributed by atoms with Crippen LogP contribution in [0.1, 0.15) is 50.7 Å². The van der Waals surface area contributed by atoms with Crippen molar-refractivity contribution in [1.29, 1.82) is 0 Å². The van der Waals surface area contributed by atoms with Gasteiger partial charge in [0.15, 0.2) is 0 Å². The quantitative estimate of drug-likeness (QED) is 0.229. The summed E-state index contributed by atoms with van der Waals surface area (Å²) in [6, 6.07) is 28.5. The number of hydrogen-bond donors (Lipinski definition) is 0. The Morgan fingerprint density at radius 3 is 1.46 bits per heavy atom. The molecule has 170 valence electrons. The van der Waals surface area contributed by atoms with E-state index in [9.17, 15) is 0 Å². The molecule has 2 heteroatoms. The molecular weight excluding hydrogens is 438 g/mol. The van der Waals surface area contributed by atoms with Gasteiger partial charge in [0, 0.05) is 21.5 Å². The molecule has 0 fully saturated rings. The third-order valence-corrected chi connectivity index (χ3v) is 8.84. The van der Waals surface area contributed by atoms with Crippen molar-refractivity contribution in [1.82, 2.24) is 4.40 Å². The van der Waals surface area contributed by atoms with Gasteiger partial charge >= 0.3 is 0 Å². The topological polar surface area (TPSA) is 4.41 Å². The fraction of sp³-hybridized carbons (Fsp3) is 0.212. The number of aromatic nitrogens is 1. The van der Waals surface area contributed by atoms with Crippen LogP contribution in [-0.2, 0) is 0 Å². The van der Waals surface area contributed by atoms with Gasteiger partial charge in [0.2, 0.25) is 0 Å². The first-order valence-electron chi connectivity index (χ1n) is 12.7. The van der Waals surface area contributed by atoms with E-state index < -0.39 is 0 Å². The van der Waals surface area contributed by atoms with E-state index in [1.165, 1.54) is 76.0 Å². The monoisotopic (exact) mass is 467 g/mol. The van der Waals surface area contributed by atoms with Gasteiger partial charge in [0.1, 0.15) is 0 Å². The van der Waals surface area contributed by atoms with Crippen molar-refractivity contribution < 1.29 is 0 Å². The van der Waals surface area contributed by atoms with E-state index >= 15 is 0 Å². The Kier molecular flexibility index (Phi) is 4.38. The van der Waals surface area contributed by atoms with E-state index in [2.05, 4.69) is 111 Å². The summed E-state index contributed by atoms with van der Waals surface area (Å²) in [5, 5.41) is 12.3. The molecule has 5 aromatic carbocycles. The first-order chi connectivity index (χ1) is 16.9. The van der Waals surface area contributed by atoms with E-state index in [-0.39, 0.29) is 0 Å². The summed E-state index contributed by atoms with van der Waals surface area (Å²) in [6.07, 6.45) is 0. The Bertz CT molecular complexity index is 1800. The highest BCUT2D eigenvalue weighted by Gasteiger charge is 2.19. The third kappa shape index (κ3) is 2.93. The van der Waals surface area contributed by atoms with Gasteiger partial charge in [-0.1, -0.05) is 88.0 Å². The molecule has 2 aromatic heterocycles. The second-order valence-corrected chi connectivity index (χ2v) is 11.8. The average molecular weight is 468 g/mol. The molecule has 2 radical (unpaired) electrons. The van der Waals surface area contributed by atoms with E-state index in [1.807, 2.05) is 0 Å². The van der Waals surface area contributed by atoms with Crippen molar-refractivity contribution in [2.24, 2.45) is 0 Å². The second kappa shape index (κ2) is 7.32. The van der Waals surface area contributed by atoms with Gasteiger partial charge in [0.25, 0.3) is 0 Å². The molecule has 0 saturated carbocycles. The fourth-order valence-electron chi connectivity index (χ4n) is 5.93. The second-order valence-electron chi connectivity index (χ2n) is 10.8. The lowest BCUT2D eigenvalue weighted by molar-refractivity contribution is 0.869. The van der Waals surface area contributed by atoms with Crippen molar-refractivity contribution >= 4 is 74.3 Å². The largest absolute Gasteiger partial charge is 0.308 e. The molecule has 0 aliphatic rings. The summed E-state index contributed by atoms with van der Waals surface area (Å²) in [7, 11) is 0.779. The van der Waals surface area contributed by atoms with Crippen LogP contribution < -0.4 is 5.19 Å². The van der Waals surface area contributed by atoms with Crippen LogP contribution in [0.25, 0.3) is 59.6 Å². The molecule has 7 aromatic rings. The zero-order chi connectivity index (χ0) is 24.0. The number of hydrogen-bond acceptors (Lipinski definition) is 0. The summed E-state index contributed by atoms with van der Waals surface area (Å²) in [6.45, 7) is 11.4. The fourth-order valence-corrected chi connectivity index (χ4v) is 6.51. The lowest BCUT2D eigenvalue weighted by Gasteiger charge is -2.09. The zero-order valence-electron chi connectivity index (χ0n) is 21.0. The minimum atomic E-state index is 0.534. The van der Waals surface area contributed by atoms with Crippen LogP contribution in [0.4, 0.5) is 0 Å². The minimum Gasteiger partial charge on any atom is -0.308 e. The smallest absolute Gasteiger partial charge is 0.0773 e. The number of nitrogens with zero attached hydrogens (tertiary/aromatic N) is 1. The molecule has 0 N–H and O–H groups in total. The van der Waals surface area contributed by atoms with Crippen molar-refractivity contribution in [3.8, 4) is 0 Å². The van der Waals surface area contributed by atoms with Crippen LogP contribution in [0, 0.1) is 0 Å². The maximum Gasteiger partial charge on any atom is 0.0773 e. The highest BCUT2D eigenvalue weighted by atomic mass is 28.2. The van der Waals surface area contributed by atoms with E-state index in [0.29, 0.717) is 11.8 Å². The lowest BCUT2D eigenvalue weighted by Crippen LogP contribution is -2.09. The molecule has 2 heterocycles. The highest BCUT2D eigenvalue weighted by Crippen LogP contribution is 2.41. The Morgan fingerprint density at radius 2 is 1.03 bits per heavy atom. The highest BCUT2D eigenvalue weighted by molar-refractivity contribution is 6.53. The van der Waals surface area contributed by atoms with Crippen LogP contribution in [0.2, 0.25) is 6.55 Å². The van der Waals surface area contributed by atoms with Crippen molar-refractivity contribution in [2.75, 3.05) is 0 Å². The molecule has 7 rings (SSSR count).